The number of hydrogen-bond donors (Lipinski definition) is 2. The number of aromatic amines is 1. The van der Waals surface area contributed by atoms with Crippen molar-refractivity contribution in [1.82, 2.24) is 14.5 Å². The van der Waals surface area contributed by atoms with Crippen molar-refractivity contribution in [3.8, 4) is 0 Å². The van der Waals surface area contributed by atoms with Crippen molar-refractivity contribution in [3.05, 3.63) is 69.4 Å². The lowest BCUT2D eigenvalue weighted by Crippen LogP contribution is -2.18. The Hall–Kier alpha value is -2.89. The Kier molecular flexibility index (Phi) is 4.52. The van der Waals surface area contributed by atoms with Crippen LogP contribution in [-0.4, -0.2) is 21.1 Å². The van der Waals surface area contributed by atoms with E-state index >= 15 is 0 Å². The number of benzene rings is 1. The predicted molar refractivity (Wildman–Crippen MR) is 90.8 cm³/mol. The average Bonchev–Trinajstić information content (AvgIpc) is 2.56. The number of aromatic nitrogens is 3. The quantitative estimate of drug-likeness (QED) is 0.682. The van der Waals surface area contributed by atoms with E-state index in [1.807, 2.05) is 24.3 Å². The Morgan fingerprint density at radius 1 is 1.04 bits per heavy atom. The fourth-order valence-corrected chi connectivity index (χ4v) is 2.43. The Morgan fingerprint density at radius 2 is 1.87 bits per heavy atom. The van der Waals surface area contributed by atoms with E-state index in [4.69, 9.17) is 0 Å². The maximum absolute atomic E-state index is 11.9. The fraction of sp³-hybridized carbons (Fsp3) is 0.235. The number of nitrogens with one attached hydrogen (secondary N) is 2. The molecule has 0 bridgehead atoms. The third kappa shape index (κ3) is 3.66. The minimum absolute atomic E-state index is 0.0148. The predicted octanol–water partition coefficient (Wildman–Crippen LogP) is 1.98. The summed E-state index contributed by atoms with van der Waals surface area (Å²) in [4.78, 5) is 30.6. The van der Waals surface area contributed by atoms with Crippen molar-refractivity contribution in [1.29, 1.82) is 0 Å². The first kappa shape index (κ1) is 15.0. The van der Waals surface area contributed by atoms with Crippen molar-refractivity contribution >= 4 is 16.9 Å². The summed E-state index contributed by atoms with van der Waals surface area (Å²) in [5, 5.41) is 3.71. The summed E-state index contributed by atoms with van der Waals surface area (Å²) in [6.07, 6.45) is 3.53. The molecule has 2 N–H and O–H groups in total. The van der Waals surface area contributed by atoms with Crippen LogP contribution >= 0.6 is 0 Å². The van der Waals surface area contributed by atoms with Gasteiger partial charge in [0.25, 0.3) is 5.56 Å². The van der Waals surface area contributed by atoms with Gasteiger partial charge in [0.05, 0.1) is 10.9 Å². The van der Waals surface area contributed by atoms with Gasteiger partial charge in [-0.1, -0.05) is 18.2 Å². The molecule has 0 radical (unpaired) electrons. The van der Waals surface area contributed by atoms with E-state index < -0.39 is 0 Å². The second-order valence-electron chi connectivity index (χ2n) is 5.30. The first-order valence-corrected chi connectivity index (χ1v) is 7.62. The number of pyridine rings is 1. The van der Waals surface area contributed by atoms with Crippen LogP contribution in [0, 0.1) is 0 Å². The van der Waals surface area contributed by atoms with Crippen LogP contribution < -0.4 is 16.4 Å². The van der Waals surface area contributed by atoms with Crippen molar-refractivity contribution in [2.24, 2.45) is 0 Å². The number of aryl methyl sites for hydroxylation is 1. The first-order chi connectivity index (χ1) is 11.2. The molecule has 2 heterocycles. The Bertz CT molecular complexity index is 914. The molecule has 23 heavy (non-hydrogen) atoms. The van der Waals surface area contributed by atoms with E-state index in [0.717, 1.165) is 12.8 Å². The van der Waals surface area contributed by atoms with Gasteiger partial charge >= 0.3 is 0 Å². The highest BCUT2D eigenvalue weighted by molar-refractivity contribution is 5.78. The number of nitrogens with zero attached hydrogens (tertiary/aromatic N) is 2. The Labute approximate surface area is 132 Å². The normalized spacial score (nSPS) is 10.8. The lowest BCUT2D eigenvalue weighted by atomic mass is 10.2. The fourth-order valence-electron chi connectivity index (χ4n) is 2.43. The van der Waals surface area contributed by atoms with E-state index in [0.29, 0.717) is 29.9 Å². The molecule has 0 unspecified atom stereocenters. The SMILES string of the molecule is O=c1[nH]c(NCCCCn2ccccc2=O)nc2ccccc12. The van der Waals surface area contributed by atoms with E-state index in [1.165, 1.54) is 0 Å². The molecule has 3 rings (SSSR count). The van der Waals surface area contributed by atoms with Crippen LogP contribution in [0.15, 0.2) is 58.3 Å². The zero-order chi connectivity index (χ0) is 16.1. The Morgan fingerprint density at radius 3 is 2.74 bits per heavy atom. The van der Waals surface area contributed by atoms with Gasteiger partial charge in [0.2, 0.25) is 11.5 Å². The highest BCUT2D eigenvalue weighted by Gasteiger charge is 2.02. The van der Waals surface area contributed by atoms with Crippen LogP contribution in [0.1, 0.15) is 12.8 Å². The smallest absolute Gasteiger partial charge is 0.260 e. The van der Waals surface area contributed by atoms with Crippen LogP contribution in [-0.2, 0) is 6.54 Å². The summed E-state index contributed by atoms with van der Waals surface area (Å²) in [6, 6.07) is 12.4. The van der Waals surface area contributed by atoms with Gasteiger partial charge in [0.1, 0.15) is 0 Å². The van der Waals surface area contributed by atoms with Crippen LogP contribution in [0.25, 0.3) is 10.9 Å². The monoisotopic (exact) mass is 310 g/mol. The Balaban J connectivity index is 1.54. The number of hydrogen-bond acceptors (Lipinski definition) is 4. The first-order valence-electron chi connectivity index (χ1n) is 7.62. The van der Waals surface area contributed by atoms with Gasteiger partial charge in [-0.3, -0.25) is 14.6 Å². The molecule has 3 aromatic rings. The summed E-state index contributed by atoms with van der Waals surface area (Å²) in [7, 11) is 0. The molecule has 0 aliphatic carbocycles. The summed E-state index contributed by atoms with van der Waals surface area (Å²) >= 11 is 0. The molecule has 6 heteroatoms. The molecule has 0 fully saturated rings. The molecule has 2 aromatic heterocycles. The maximum Gasteiger partial charge on any atom is 0.260 e. The molecule has 6 nitrogen and oxygen atoms in total. The van der Waals surface area contributed by atoms with Gasteiger partial charge in [-0.2, -0.15) is 0 Å². The molecule has 0 amide bonds. The number of unbranched alkanes of at least 4 members (excludes halogenated alkanes) is 1. The lowest BCUT2D eigenvalue weighted by Gasteiger charge is -2.07. The molecule has 118 valence electrons. The van der Waals surface area contributed by atoms with Gasteiger partial charge in [-0.15, -0.1) is 0 Å². The molecule has 0 spiro atoms. The van der Waals surface area contributed by atoms with E-state index in [9.17, 15) is 9.59 Å². The molecular formula is C17H18N4O2. The van der Waals surface area contributed by atoms with E-state index in [-0.39, 0.29) is 11.1 Å². The third-order valence-electron chi connectivity index (χ3n) is 3.63. The number of H-pyrrole nitrogens is 1. The highest BCUT2D eigenvalue weighted by Crippen LogP contribution is 2.07. The molecule has 0 saturated carbocycles. The van der Waals surface area contributed by atoms with Crippen molar-refractivity contribution in [2.75, 3.05) is 11.9 Å². The third-order valence-corrected chi connectivity index (χ3v) is 3.63. The summed E-state index contributed by atoms with van der Waals surface area (Å²) in [5.74, 6) is 0.477. The van der Waals surface area contributed by atoms with Crippen LogP contribution in [0.3, 0.4) is 0 Å². The minimum Gasteiger partial charge on any atom is -0.356 e. The van der Waals surface area contributed by atoms with Gasteiger partial charge in [-0.25, -0.2) is 4.98 Å². The van der Waals surface area contributed by atoms with Gasteiger partial charge in [0.15, 0.2) is 0 Å². The topological polar surface area (TPSA) is 79.8 Å². The second-order valence-corrected chi connectivity index (χ2v) is 5.30. The number of para-hydroxylation sites is 1. The average molecular weight is 310 g/mol. The zero-order valence-corrected chi connectivity index (χ0v) is 12.7. The van der Waals surface area contributed by atoms with Gasteiger partial charge in [-0.05, 0) is 31.0 Å². The van der Waals surface area contributed by atoms with Crippen molar-refractivity contribution in [3.63, 3.8) is 0 Å². The number of rotatable bonds is 6. The minimum atomic E-state index is -0.145. The van der Waals surface area contributed by atoms with Gasteiger partial charge in [0, 0.05) is 25.4 Å². The van der Waals surface area contributed by atoms with E-state index in [2.05, 4.69) is 15.3 Å². The highest BCUT2D eigenvalue weighted by atomic mass is 16.1. The number of fused-ring (bicyclic) bond motifs is 1. The molecule has 0 aliphatic heterocycles. The summed E-state index contributed by atoms with van der Waals surface area (Å²) < 4.78 is 1.69. The van der Waals surface area contributed by atoms with Crippen LogP contribution in [0.5, 0.6) is 0 Å². The van der Waals surface area contributed by atoms with Crippen molar-refractivity contribution in [2.45, 2.75) is 19.4 Å². The van der Waals surface area contributed by atoms with Gasteiger partial charge < -0.3 is 9.88 Å². The van der Waals surface area contributed by atoms with Crippen LogP contribution in [0.2, 0.25) is 0 Å². The van der Waals surface area contributed by atoms with Crippen LogP contribution in [0.4, 0.5) is 5.95 Å². The molecule has 0 aliphatic rings. The number of anilines is 1. The van der Waals surface area contributed by atoms with E-state index in [1.54, 1.807) is 29.0 Å². The summed E-state index contributed by atoms with van der Waals surface area (Å²) in [6.45, 7) is 1.37. The molecular weight excluding hydrogens is 292 g/mol. The standard InChI is InChI=1S/C17H18N4O2/c22-15-9-3-5-11-21(15)12-6-4-10-18-17-19-14-8-2-1-7-13(14)16(23)20-17/h1-3,5,7-9,11H,4,6,10,12H2,(H2,18,19,20,23). The largest absolute Gasteiger partial charge is 0.356 e. The molecule has 1 aromatic carbocycles. The maximum atomic E-state index is 11.9. The second kappa shape index (κ2) is 6.91. The molecule has 0 saturated heterocycles. The van der Waals surface area contributed by atoms with Crippen molar-refractivity contribution < 1.29 is 0 Å². The summed E-state index contributed by atoms with van der Waals surface area (Å²) in [5.41, 5.74) is 0.546. The molecule has 0 atom stereocenters. The lowest BCUT2D eigenvalue weighted by molar-refractivity contribution is 0.603. The zero-order valence-electron chi connectivity index (χ0n) is 12.7.